The fourth-order valence-corrected chi connectivity index (χ4v) is 4.48. The molecule has 1 unspecified atom stereocenters. The smallest absolute Gasteiger partial charge is 0.311 e. The molecule has 0 saturated heterocycles. The largest absolute Gasteiger partial charge is 0.493 e. The van der Waals surface area contributed by atoms with E-state index in [9.17, 15) is 14.7 Å². The van der Waals surface area contributed by atoms with Crippen LogP contribution < -0.4 is 9.47 Å². The van der Waals surface area contributed by atoms with E-state index in [1.165, 1.54) is 5.56 Å². The first kappa shape index (κ1) is 25.1. The Morgan fingerprint density at radius 3 is 2.43 bits per heavy atom. The van der Waals surface area contributed by atoms with Crippen LogP contribution in [0.5, 0.6) is 17.2 Å². The van der Waals surface area contributed by atoms with E-state index < -0.39 is 11.9 Å². The van der Waals surface area contributed by atoms with E-state index in [2.05, 4.69) is 0 Å². The van der Waals surface area contributed by atoms with Crippen molar-refractivity contribution in [2.24, 2.45) is 0 Å². The number of ether oxygens (including phenoxy) is 2. The molecule has 1 atom stereocenters. The number of benzene rings is 3. The van der Waals surface area contributed by atoms with Gasteiger partial charge in [-0.25, -0.2) is 0 Å². The Kier molecular flexibility index (Phi) is 8.32. The summed E-state index contributed by atoms with van der Waals surface area (Å²) < 4.78 is 11.5. The van der Waals surface area contributed by atoms with Gasteiger partial charge in [-0.2, -0.15) is 0 Å². The second kappa shape index (κ2) is 11.6. The SMILES string of the molecule is O=C(CCCCCc1ccc(Cl)cc1)c1ccc(Oc2cc3c(cc2Cl)C(C(=O)O)CCO3)cc1. The number of hydrogen-bond acceptors (Lipinski definition) is 4. The molecule has 7 heteroatoms. The lowest BCUT2D eigenvalue weighted by Gasteiger charge is -2.24. The first-order chi connectivity index (χ1) is 16.9. The molecule has 1 aliphatic heterocycles. The molecule has 0 aromatic heterocycles. The Balaban J connectivity index is 1.29. The van der Waals surface area contributed by atoms with Gasteiger partial charge in [0.1, 0.15) is 17.2 Å². The highest BCUT2D eigenvalue weighted by molar-refractivity contribution is 6.32. The van der Waals surface area contributed by atoms with E-state index in [1.54, 1.807) is 36.4 Å². The maximum absolute atomic E-state index is 12.5. The first-order valence-electron chi connectivity index (χ1n) is 11.7. The molecular formula is C28H26Cl2O5. The van der Waals surface area contributed by atoms with Crippen LogP contribution >= 0.6 is 23.2 Å². The number of carboxylic acids is 1. The van der Waals surface area contributed by atoms with E-state index in [4.69, 9.17) is 32.7 Å². The van der Waals surface area contributed by atoms with Crippen molar-refractivity contribution < 1.29 is 24.2 Å². The molecule has 0 aliphatic carbocycles. The molecule has 0 amide bonds. The monoisotopic (exact) mass is 512 g/mol. The minimum atomic E-state index is -0.902. The van der Waals surface area contributed by atoms with Gasteiger partial charge < -0.3 is 14.6 Å². The summed E-state index contributed by atoms with van der Waals surface area (Å²) in [5.74, 6) is -0.0869. The lowest BCUT2D eigenvalue weighted by molar-refractivity contribution is -0.139. The van der Waals surface area contributed by atoms with Gasteiger partial charge in [0.2, 0.25) is 0 Å². The molecule has 1 aliphatic rings. The standard InChI is InChI=1S/C28H26Cl2O5/c29-20-10-6-18(7-11-20)4-2-1-3-5-25(31)19-8-12-21(13-9-19)35-27-17-26-23(16-24(27)30)22(28(32)33)14-15-34-26/h6-13,16-17,22H,1-5,14-15H2,(H,32,33). The molecule has 0 spiro atoms. The van der Waals surface area contributed by atoms with Crippen molar-refractivity contribution in [3.05, 3.63) is 87.4 Å². The number of fused-ring (bicyclic) bond motifs is 1. The predicted molar refractivity (Wildman–Crippen MR) is 136 cm³/mol. The summed E-state index contributed by atoms with van der Waals surface area (Å²) in [6.45, 7) is 0.322. The summed E-state index contributed by atoms with van der Waals surface area (Å²) in [5.41, 5.74) is 2.44. The Morgan fingerprint density at radius 2 is 1.71 bits per heavy atom. The summed E-state index contributed by atoms with van der Waals surface area (Å²) >= 11 is 12.3. The van der Waals surface area contributed by atoms with Crippen molar-refractivity contribution in [3.63, 3.8) is 0 Å². The molecule has 3 aromatic carbocycles. The van der Waals surface area contributed by atoms with Gasteiger partial charge in [-0.05, 0) is 73.7 Å². The second-order valence-corrected chi connectivity index (χ2v) is 9.43. The molecule has 0 bridgehead atoms. The molecule has 0 radical (unpaired) electrons. The average molecular weight is 513 g/mol. The Labute approximate surface area is 214 Å². The van der Waals surface area contributed by atoms with Gasteiger partial charge >= 0.3 is 5.97 Å². The quantitative estimate of drug-likeness (QED) is 0.222. The minimum absolute atomic E-state index is 0.1000. The highest BCUT2D eigenvalue weighted by Gasteiger charge is 2.29. The van der Waals surface area contributed by atoms with Crippen LogP contribution in [0.15, 0.2) is 60.7 Å². The average Bonchev–Trinajstić information content (AvgIpc) is 2.85. The van der Waals surface area contributed by atoms with Crippen LogP contribution in [0.1, 0.15) is 59.5 Å². The third-order valence-corrected chi connectivity index (χ3v) is 6.64. The maximum atomic E-state index is 12.5. The zero-order valence-corrected chi connectivity index (χ0v) is 20.6. The first-order valence-corrected chi connectivity index (χ1v) is 12.4. The number of halogens is 2. The highest BCUT2D eigenvalue weighted by Crippen LogP contribution is 2.41. The summed E-state index contributed by atoms with van der Waals surface area (Å²) in [6.07, 6.45) is 4.73. The summed E-state index contributed by atoms with van der Waals surface area (Å²) in [4.78, 5) is 24.0. The number of aliphatic carboxylic acids is 1. The number of ketones is 1. The number of carbonyl (C=O) groups excluding carboxylic acids is 1. The maximum Gasteiger partial charge on any atom is 0.311 e. The molecule has 0 fully saturated rings. The highest BCUT2D eigenvalue weighted by atomic mass is 35.5. The number of hydrogen-bond donors (Lipinski definition) is 1. The van der Waals surface area contributed by atoms with E-state index in [0.717, 1.165) is 30.7 Å². The van der Waals surface area contributed by atoms with Crippen molar-refractivity contribution in [1.82, 2.24) is 0 Å². The molecule has 1 heterocycles. The number of unbranched alkanes of at least 4 members (excludes halogenated alkanes) is 2. The zero-order chi connectivity index (χ0) is 24.8. The molecule has 1 N–H and O–H groups in total. The van der Waals surface area contributed by atoms with E-state index in [1.807, 2.05) is 24.3 Å². The lowest BCUT2D eigenvalue weighted by Crippen LogP contribution is -2.20. The number of carbonyl (C=O) groups is 2. The molecule has 182 valence electrons. The van der Waals surface area contributed by atoms with Gasteiger partial charge in [0, 0.05) is 28.6 Å². The number of rotatable bonds is 10. The number of Topliss-reactive ketones (excluding diaryl/α,β-unsaturated/α-hetero) is 1. The number of aryl methyl sites for hydroxylation is 1. The third kappa shape index (κ3) is 6.56. The molecule has 5 nitrogen and oxygen atoms in total. The van der Waals surface area contributed by atoms with Crippen molar-refractivity contribution in [3.8, 4) is 17.2 Å². The molecule has 0 saturated carbocycles. The van der Waals surface area contributed by atoms with Crippen LogP contribution in [0.3, 0.4) is 0 Å². The Bertz CT molecular complexity index is 1190. The summed E-state index contributed by atoms with van der Waals surface area (Å²) in [7, 11) is 0. The molecule has 35 heavy (non-hydrogen) atoms. The zero-order valence-electron chi connectivity index (χ0n) is 19.1. The summed E-state index contributed by atoms with van der Waals surface area (Å²) in [6, 6.07) is 18.0. The van der Waals surface area contributed by atoms with Gasteiger partial charge in [-0.1, -0.05) is 41.8 Å². The Hall–Kier alpha value is -3.02. The van der Waals surface area contributed by atoms with Gasteiger partial charge in [-0.3, -0.25) is 9.59 Å². The minimum Gasteiger partial charge on any atom is -0.493 e. The van der Waals surface area contributed by atoms with Crippen LogP contribution in [0.4, 0.5) is 0 Å². The van der Waals surface area contributed by atoms with Gasteiger partial charge in [-0.15, -0.1) is 0 Å². The normalized spacial score (nSPS) is 14.6. The molecular weight excluding hydrogens is 487 g/mol. The van der Waals surface area contributed by atoms with Gasteiger partial charge in [0.15, 0.2) is 5.78 Å². The summed E-state index contributed by atoms with van der Waals surface area (Å²) in [5, 5.41) is 10.5. The Morgan fingerprint density at radius 1 is 0.971 bits per heavy atom. The van der Waals surface area contributed by atoms with Crippen LogP contribution in [0.2, 0.25) is 10.0 Å². The van der Waals surface area contributed by atoms with E-state index >= 15 is 0 Å². The molecule has 3 aromatic rings. The lowest BCUT2D eigenvalue weighted by atomic mass is 9.93. The van der Waals surface area contributed by atoms with Gasteiger partial charge in [0.05, 0.1) is 17.5 Å². The van der Waals surface area contributed by atoms with Crippen LogP contribution in [0, 0.1) is 0 Å². The van der Waals surface area contributed by atoms with Crippen LogP contribution in [-0.2, 0) is 11.2 Å². The van der Waals surface area contributed by atoms with Crippen molar-refractivity contribution in [2.75, 3.05) is 6.61 Å². The topological polar surface area (TPSA) is 72.8 Å². The van der Waals surface area contributed by atoms with Crippen molar-refractivity contribution in [1.29, 1.82) is 0 Å². The predicted octanol–water partition coefficient (Wildman–Crippen LogP) is 7.72. The van der Waals surface area contributed by atoms with Crippen molar-refractivity contribution in [2.45, 2.75) is 44.4 Å². The van der Waals surface area contributed by atoms with Crippen molar-refractivity contribution >= 4 is 35.0 Å². The fraction of sp³-hybridized carbons (Fsp3) is 0.286. The van der Waals surface area contributed by atoms with E-state index in [0.29, 0.717) is 52.8 Å². The van der Waals surface area contributed by atoms with Crippen LogP contribution in [0.25, 0.3) is 0 Å². The second-order valence-electron chi connectivity index (χ2n) is 8.59. The third-order valence-electron chi connectivity index (χ3n) is 6.09. The van der Waals surface area contributed by atoms with Crippen LogP contribution in [-0.4, -0.2) is 23.5 Å². The van der Waals surface area contributed by atoms with E-state index in [-0.39, 0.29) is 5.78 Å². The molecule has 4 rings (SSSR count). The number of carboxylic acid groups (broad SMARTS) is 1. The fourth-order valence-electron chi connectivity index (χ4n) is 4.15. The van der Waals surface area contributed by atoms with Gasteiger partial charge in [0.25, 0.3) is 0 Å².